The molecular formula is C18H18BrN3O4S. The molecule has 2 aromatic rings. The molecule has 0 aromatic heterocycles. The lowest BCUT2D eigenvalue weighted by Crippen LogP contribution is -2.48. The molecule has 2 rings (SSSR count). The Morgan fingerprint density at radius 1 is 1.00 bits per heavy atom. The minimum absolute atomic E-state index is 0.0270. The number of hydrogen-bond donors (Lipinski definition) is 3. The molecule has 0 bridgehead atoms. The molecule has 3 N–H and O–H groups in total. The molecule has 2 aromatic carbocycles. The molecule has 0 atom stereocenters. The van der Waals surface area contributed by atoms with Crippen molar-refractivity contribution in [3.8, 4) is 5.75 Å². The second-order valence-corrected chi connectivity index (χ2v) is 6.48. The summed E-state index contributed by atoms with van der Waals surface area (Å²) in [6.07, 6.45) is 0. The minimum Gasteiger partial charge on any atom is -0.490 e. The number of ether oxygens (including phenoxy) is 2. The number of hydrogen-bond acceptors (Lipinski definition) is 5. The van der Waals surface area contributed by atoms with Crippen molar-refractivity contribution < 1.29 is 19.1 Å². The topological polar surface area (TPSA) is 88.7 Å². The number of carbonyl (C=O) groups excluding carboxylic acids is 2. The van der Waals surface area contributed by atoms with Crippen LogP contribution in [0.3, 0.4) is 0 Å². The van der Waals surface area contributed by atoms with E-state index in [4.69, 9.17) is 21.7 Å². The zero-order valence-electron chi connectivity index (χ0n) is 14.5. The van der Waals surface area contributed by atoms with Crippen LogP contribution in [0.4, 0.5) is 0 Å². The Bertz CT molecular complexity index is 818. The highest BCUT2D eigenvalue weighted by atomic mass is 79.9. The maximum atomic E-state index is 12.3. The molecule has 27 heavy (non-hydrogen) atoms. The van der Waals surface area contributed by atoms with Gasteiger partial charge in [-0.15, -0.1) is 0 Å². The van der Waals surface area contributed by atoms with E-state index in [1.54, 1.807) is 55.6 Å². The summed E-state index contributed by atoms with van der Waals surface area (Å²) in [5.41, 5.74) is 5.75. The third-order valence-corrected chi connectivity index (χ3v) is 4.12. The van der Waals surface area contributed by atoms with Gasteiger partial charge in [0, 0.05) is 18.2 Å². The molecule has 0 aliphatic rings. The Hall–Kier alpha value is -2.49. The van der Waals surface area contributed by atoms with Crippen LogP contribution in [0.25, 0.3) is 0 Å². The SMILES string of the molecule is COCCOc1ccc(C(=O)NC(=S)NNC(=O)c2ccccc2)cc1Br. The number of nitrogens with one attached hydrogen (secondary N) is 3. The summed E-state index contributed by atoms with van der Waals surface area (Å²) >= 11 is 8.38. The number of benzene rings is 2. The van der Waals surface area contributed by atoms with Crippen LogP contribution in [0, 0.1) is 0 Å². The van der Waals surface area contributed by atoms with E-state index in [0.717, 1.165) is 0 Å². The smallest absolute Gasteiger partial charge is 0.269 e. The van der Waals surface area contributed by atoms with Gasteiger partial charge in [-0.2, -0.15) is 0 Å². The highest BCUT2D eigenvalue weighted by molar-refractivity contribution is 9.10. The Kier molecular flexibility index (Phi) is 8.18. The molecule has 0 unspecified atom stereocenters. The predicted molar refractivity (Wildman–Crippen MR) is 109 cm³/mol. The lowest BCUT2D eigenvalue weighted by Gasteiger charge is -2.12. The van der Waals surface area contributed by atoms with E-state index in [9.17, 15) is 9.59 Å². The van der Waals surface area contributed by atoms with Crippen molar-refractivity contribution in [1.82, 2.24) is 16.2 Å². The quantitative estimate of drug-likeness (QED) is 0.355. The van der Waals surface area contributed by atoms with Gasteiger partial charge in [0.05, 0.1) is 11.1 Å². The summed E-state index contributed by atoms with van der Waals surface area (Å²) < 4.78 is 11.1. The zero-order chi connectivity index (χ0) is 19.6. The van der Waals surface area contributed by atoms with Gasteiger partial charge in [-0.05, 0) is 58.5 Å². The second-order valence-electron chi connectivity index (χ2n) is 5.21. The van der Waals surface area contributed by atoms with Crippen molar-refractivity contribution in [2.45, 2.75) is 0 Å². The van der Waals surface area contributed by atoms with Crippen LogP contribution in [0.15, 0.2) is 53.0 Å². The molecule has 0 heterocycles. The van der Waals surface area contributed by atoms with E-state index >= 15 is 0 Å². The first-order valence-electron chi connectivity index (χ1n) is 7.89. The van der Waals surface area contributed by atoms with Crippen LogP contribution in [-0.4, -0.2) is 37.3 Å². The van der Waals surface area contributed by atoms with E-state index in [-0.39, 0.29) is 11.0 Å². The molecule has 0 aliphatic heterocycles. The van der Waals surface area contributed by atoms with E-state index in [0.29, 0.717) is 34.6 Å². The summed E-state index contributed by atoms with van der Waals surface area (Å²) in [6.45, 7) is 0.860. The van der Waals surface area contributed by atoms with Crippen LogP contribution in [0.5, 0.6) is 5.75 Å². The van der Waals surface area contributed by atoms with Gasteiger partial charge in [-0.1, -0.05) is 18.2 Å². The van der Waals surface area contributed by atoms with Crippen molar-refractivity contribution in [3.63, 3.8) is 0 Å². The first kappa shape index (κ1) is 20.8. The van der Waals surface area contributed by atoms with E-state index in [2.05, 4.69) is 32.1 Å². The highest BCUT2D eigenvalue weighted by Crippen LogP contribution is 2.26. The molecule has 0 spiro atoms. The number of rotatable bonds is 6. The Morgan fingerprint density at radius 2 is 1.74 bits per heavy atom. The molecule has 0 saturated carbocycles. The van der Waals surface area contributed by atoms with Gasteiger partial charge in [0.15, 0.2) is 5.11 Å². The van der Waals surface area contributed by atoms with Crippen molar-refractivity contribution in [2.75, 3.05) is 20.3 Å². The van der Waals surface area contributed by atoms with Crippen LogP contribution >= 0.6 is 28.1 Å². The van der Waals surface area contributed by atoms with Crippen LogP contribution in [0.1, 0.15) is 20.7 Å². The fourth-order valence-corrected chi connectivity index (χ4v) is 2.61. The van der Waals surface area contributed by atoms with Gasteiger partial charge in [0.2, 0.25) is 0 Å². The molecular weight excluding hydrogens is 434 g/mol. The third-order valence-electron chi connectivity index (χ3n) is 3.29. The number of halogens is 1. The largest absolute Gasteiger partial charge is 0.490 e. The van der Waals surface area contributed by atoms with Gasteiger partial charge in [0.1, 0.15) is 12.4 Å². The fourth-order valence-electron chi connectivity index (χ4n) is 1.98. The average molecular weight is 452 g/mol. The summed E-state index contributed by atoms with van der Waals surface area (Å²) in [7, 11) is 1.59. The Balaban J connectivity index is 1.86. The normalized spacial score (nSPS) is 10.0. The maximum Gasteiger partial charge on any atom is 0.269 e. The van der Waals surface area contributed by atoms with E-state index < -0.39 is 5.91 Å². The predicted octanol–water partition coefficient (Wildman–Crippen LogP) is 2.42. The van der Waals surface area contributed by atoms with Crippen LogP contribution in [0.2, 0.25) is 0 Å². The second kappa shape index (κ2) is 10.6. The van der Waals surface area contributed by atoms with Gasteiger partial charge < -0.3 is 9.47 Å². The number of hydrazine groups is 1. The first-order chi connectivity index (χ1) is 13.0. The Labute approximate surface area is 170 Å². The molecule has 7 nitrogen and oxygen atoms in total. The number of amides is 2. The lowest BCUT2D eigenvalue weighted by atomic mass is 10.2. The molecule has 9 heteroatoms. The summed E-state index contributed by atoms with van der Waals surface area (Å²) in [6, 6.07) is 13.5. The standard InChI is InChI=1S/C18H18BrN3O4S/c1-25-9-10-26-15-8-7-13(11-14(15)19)16(23)20-18(27)22-21-17(24)12-5-3-2-4-6-12/h2-8,11H,9-10H2,1H3,(H,21,24)(H2,20,22,23,27). The van der Waals surface area contributed by atoms with Crippen LogP contribution < -0.4 is 20.9 Å². The molecule has 0 aliphatic carbocycles. The molecule has 142 valence electrons. The van der Waals surface area contributed by atoms with Gasteiger partial charge >= 0.3 is 0 Å². The van der Waals surface area contributed by atoms with Crippen LogP contribution in [-0.2, 0) is 4.74 Å². The molecule has 2 amide bonds. The van der Waals surface area contributed by atoms with Crippen molar-refractivity contribution >= 4 is 45.1 Å². The summed E-state index contributed by atoms with van der Waals surface area (Å²) in [5.74, 6) is -0.197. The van der Waals surface area contributed by atoms with Crippen molar-refractivity contribution in [2.24, 2.45) is 0 Å². The van der Waals surface area contributed by atoms with E-state index in [1.165, 1.54) is 0 Å². The first-order valence-corrected chi connectivity index (χ1v) is 9.09. The zero-order valence-corrected chi connectivity index (χ0v) is 16.9. The fraction of sp³-hybridized carbons (Fsp3) is 0.167. The minimum atomic E-state index is -0.425. The summed E-state index contributed by atoms with van der Waals surface area (Å²) in [4.78, 5) is 24.2. The molecule has 0 saturated heterocycles. The number of carbonyl (C=O) groups is 2. The van der Waals surface area contributed by atoms with Crippen molar-refractivity contribution in [1.29, 1.82) is 0 Å². The maximum absolute atomic E-state index is 12.3. The number of methoxy groups -OCH3 is 1. The highest BCUT2D eigenvalue weighted by Gasteiger charge is 2.12. The Morgan fingerprint density at radius 3 is 2.41 bits per heavy atom. The van der Waals surface area contributed by atoms with E-state index in [1.807, 2.05) is 0 Å². The average Bonchev–Trinajstić information content (AvgIpc) is 2.68. The van der Waals surface area contributed by atoms with Crippen molar-refractivity contribution in [3.05, 3.63) is 64.1 Å². The summed E-state index contributed by atoms with van der Waals surface area (Å²) in [5, 5.41) is 2.46. The molecule has 0 radical (unpaired) electrons. The van der Waals surface area contributed by atoms with Gasteiger partial charge in [-0.3, -0.25) is 25.8 Å². The lowest BCUT2D eigenvalue weighted by molar-refractivity contribution is 0.0934. The van der Waals surface area contributed by atoms with Gasteiger partial charge in [-0.25, -0.2) is 0 Å². The molecule has 0 fully saturated rings. The number of thiocarbonyl (C=S) groups is 1. The van der Waals surface area contributed by atoms with Gasteiger partial charge in [0.25, 0.3) is 11.8 Å². The monoisotopic (exact) mass is 451 g/mol. The third kappa shape index (κ3) is 6.63.